The maximum Gasteiger partial charge on any atom is 0.508 e. The maximum atomic E-state index is 9.60. The van der Waals surface area contributed by atoms with E-state index in [4.69, 9.17) is 10.0 Å². The first-order chi connectivity index (χ1) is 5.91. The lowest BCUT2D eigenvalue weighted by molar-refractivity contribution is 0.0786. The smallest absolute Gasteiger partial charge is 0.422 e. The summed E-state index contributed by atoms with van der Waals surface area (Å²) in [5, 5.41) is 27.3. The zero-order chi connectivity index (χ0) is 10.1. The number of hydrogen-bond acceptors (Lipinski definition) is 4. The fourth-order valence-corrected chi connectivity index (χ4v) is 0.970. The summed E-state index contributed by atoms with van der Waals surface area (Å²) >= 11 is 0. The molecule has 0 aliphatic heterocycles. The molecule has 0 saturated heterocycles. The van der Waals surface area contributed by atoms with Gasteiger partial charge in [-0.15, -0.1) is 0 Å². The quantitative estimate of drug-likeness (QED) is 0.511. The Hall–Kier alpha value is -0.905. The molecule has 0 unspecified atom stereocenters. The molecule has 0 fully saturated rings. The molecule has 0 spiro atoms. The van der Waals surface area contributed by atoms with Gasteiger partial charge in [0.2, 0.25) is 0 Å². The third-order valence-electron chi connectivity index (χ3n) is 1.75. The molecule has 0 aliphatic rings. The van der Waals surface area contributed by atoms with E-state index in [0.717, 1.165) is 0 Å². The second-order valence-corrected chi connectivity index (χ2v) is 3.40. The molecule has 0 bridgehead atoms. The third-order valence-corrected chi connectivity index (χ3v) is 1.75. The van der Waals surface area contributed by atoms with Gasteiger partial charge in [-0.1, -0.05) is 0 Å². The van der Waals surface area contributed by atoms with Crippen LogP contribution in [0.2, 0.25) is 0 Å². The van der Waals surface area contributed by atoms with E-state index in [2.05, 4.69) is 4.98 Å². The van der Waals surface area contributed by atoms with Crippen LogP contribution in [0.5, 0.6) is 0 Å². The standard InChI is InChI=1S/C8H12BNO3/c1-8(2,11)6-3-4-10-7(5-6)9(12)13/h3-5,11-13H,1-2H3. The van der Waals surface area contributed by atoms with Gasteiger partial charge < -0.3 is 15.2 Å². The van der Waals surface area contributed by atoms with Gasteiger partial charge in [-0.05, 0) is 31.5 Å². The molecular formula is C8H12BNO3. The molecule has 1 aromatic heterocycles. The molecular weight excluding hydrogens is 169 g/mol. The van der Waals surface area contributed by atoms with Gasteiger partial charge in [-0.3, -0.25) is 4.98 Å². The summed E-state index contributed by atoms with van der Waals surface area (Å²) in [5.74, 6) is 0. The number of hydrogen-bond donors (Lipinski definition) is 3. The number of pyridine rings is 1. The minimum Gasteiger partial charge on any atom is -0.422 e. The van der Waals surface area contributed by atoms with Crippen LogP contribution in [-0.2, 0) is 5.60 Å². The molecule has 1 heterocycles. The second-order valence-electron chi connectivity index (χ2n) is 3.40. The first kappa shape index (κ1) is 10.2. The predicted molar refractivity (Wildman–Crippen MR) is 49.3 cm³/mol. The average molecular weight is 181 g/mol. The number of rotatable bonds is 2. The van der Waals surface area contributed by atoms with E-state index >= 15 is 0 Å². The Morgan fingerprint density at radius 2 is 2.00 bits per heavy atom. The van der Waals surface area contributed by atoms with Crippen LogP contribution in [0, 0.1) is 0 Å². The van der Waals surface area contributed by atoms with Crippen molar-refractivity contribution in [2.24, 2.45) is 0 Å². The van der Waals surface area contributed by atoms with Crippen LogP contribution in [0.25, 0.3) is 0 Å². The Labute approximate surface area is 77.0 Å². The van der Waals surface area contributed by atoms with Gasteiger partial charge >= 0.3 is 7.12 Å². The summed E-state index contributed by atoms with van der Waals surface area (Å²) in [7, 11) is -1.60. The van der Waals surface area contributed by atoms with Crippen LogP contribution >= 0.6 is 0 Å². The van der Waals surface area contributed by atoms with Crippen molar-refractivity contribution in [1.82, 2.24) is 4.98 Å². The summed E-state index contributed by atoms with van der Waals surface area (Å²) in [4.78, 5) is 3.74. The van der Waals surface area contributed by atoms with Gasteiger partial charge in [0.1, 0.15) is 0 Å². The second kappa shape index (κ2) is 3.45. The van der Waals surface area contributed by atoms with Crippen molar-refractivity contribution in [3.05, 3.63) is 23.9 Å². The SMILES string of the molecule is CC(C)(O)c1ccnc(B(O)O)c1. The molecule has 0 aromatic carbocycles. The largest absolute Gasteiger partial charge is 0.508 e. The van der Waals surface area contributed by atoms with Crippen LogP contribution in [0.1, 0.15) is 19.4 Å². The first-order valence-corrected chi connectivity index (χ1v) is 3.96. The average Bonchev–Trinajstić information content (AvgIpc) is 2.03. The summed E-state index contributed by atoms with van der Waals surface area (Å²) in [6, 6.07) is 3.09. The lowest BCUT2D eigenvalue weighted by atomic mass is 9.83. The van der Waals surface area contributed by atoms with Crippen molar-refractivity contribution in [3.63, 3.8) is 0 Å². The highest BCUT2D eigenvalue weighted by Gasteiger charge is 2.19. The summed E-state index contributed by atoms with van der Waals surface area (Å²) in [5.41, 5.74) is -0.253. The van der Waals surface area contributed by atoms with Crippen LogP contribution in [0.3, 0.4) is 0 Å². The molecule has 1 aromatic rings. The monoisotopic (exact) mass is 181 g/mol. The molecule has 13 heavy (non-hydrogen) atoms. The fourth-order valence-electron chi connectivity index (χ4n) is 0.970. The van der Waals surface area contributed by atoms with Crippen molar-refractivity contribution in [3.8, 4) is 0 Å². The molecule has 4 nitrogen and oxygen atoms in total. The zero-order valence-electron chi connectivity index (χ0n) is 7.60. The minimum absolute atomic E-state index is 0.139. The van der Waals surface area contributed by atoms with Crippen LogP contribution in [-0.4, -0.2) is 27.3 Å². The van der Waals surface area contributed by atoms with Gasteiger partial charge in [0.25, 0.3) is 0 Å². The maximum absolute atomic E-state index is 9.60. The molecule has 0 saturated carbocycles. The highest BCUT2D eigenvalue weighted by Crippen LogP contribution is 2.16. The molecule has 0 aliphatic carbocycles. The first-order valence-electron chi connectivity index (χ1n) is 3.96. The van der Waals surface area contributed by atoms with Crippen molar-refractivity contribution >= 4 is 12.7 Å². The van der Waals surface area contributed by atoms with Crippen molar-refractivity contribution in [2.75, 3.05) is 0 Å². The number of aromatic nitrogens is 1. The van der Waals surface area contributed by atoms with E-state index in [1.54, 1.807) is 19.9 Å². The molecule has 5 heteroatoms. The Bertz CT molecular complexity index is 296. The Morgan fingerprint density at radius 3 is 2.46 bits per heavy atom. The molecule has 0 atom stereocenters. The summed E-state index contributed by atoms with van der Waals surface area (Å²) in [6.45, 7) is 3.24. The predicted octanol–water partition coefficient (Wildman–Crippen LogP) is -1.01. The van der Waals surface area contributed by atoms with Gasteiger partial charge in [0, 0.05) is 6.20 Å². The topological polar surface area (TPSA) is 73.6 Å². The summed E-state index contributed by atoms with van der Waals surface area (Å²) < 4.78 is 0. The van der Waals surface area contributed by atoms with E-state index in [-0.39, 0.29) is 5.59 Å². The van der Waals surface area contributed by atoms with Crippen molar-refractivity contribution in [1.29, 1.82) is 0 Å². The highest BCUT2D eigenvalue weighted by molar-refractivity contribution is 6.57. The van der Waals surface area contributed by atoms with Crippen molar-refractivity contribution in [2.45, 2.75) is 19.4 Å². The van der Waals surface area contributed by atoms with Crippen LogP contribution in [0.15, 0.2) is 18.3 Å². The number of nitrogens with zero attached hydrogens (tertiary/aromatic N) is 1. The van der Waals surface area contributed by atoms with Gasteiger partial charge in [-0.2, -0.15) is 0 Å². The Kier molecular flexibility index (Phi) is 2.70. The van der Waals surface area contributed by atoms with E-state index in [1.807, 2.05) is 0 Å². The third kappa shape index (κ3) is 2.52. The molecule has 3 N–H and O–H groups in total. The van der Waals surface area contributed by atoms with E-state index < -0.39 is 12.7 Å². The van der Waals surface area contributed by atoms with Gasteiger partial charge in [-0.25, -0.2) is 0 Å². The van der Waals surface area contributed by atoms with Crippen LogP contribution in [0.4, 0.5) is 0 Å². The Morgan fingerprint density at radius 1 is 1.38 bits per heavy atom. The van der Waals surface area contributed by atoms with Crippen molar-refractivity contribution < 1.29 is 15.2 Å². The van der Waals surface area contributed by atoms with Gasteiger partial charge in [0.05, 0.1) is 11.2 Å². The number of aliphatic hydroxyl groups is 1. The van der Waals surface area contributed by atoms with Crippen LogP contribution < -0.4 is 5.59 Å². The lowest BCUT2D eigenvalue weighted by Gasteiger charge is -2.17. The Balaban J connectivity index is 3.06. The zero-order valence-corrected chi connectivity index (χ0v) is 7.60. The molecule has 0 radical (unpaired) electrons. The van der Waals surface area contributed by atoms with E-state index in [9.17, 15) is 5.11 Å². The minimum atomic E-state index is -1.60. The van der Waals surface area contributed by atoms with Gasteiger partial charge in [0.15, 0.2) is 0 Å². The normalized spacial score (nSPS) is 11.5. The lowest BCUT2D eigenvalue weighted by Crippen LogP contribution is -2.34. The highest BCUT2D eigenvalue weighted by atomic mass is 16.4. The fraction of sp³-hybridized carbons (Fsp3) is 0.375. The summed E-state index contributed by atoms with van der Waals surface area (Å²) in [6.07, 6.45) is 1.43. The van der Waals surface area contributed by atoms with E-state index in [0.29, 0.717) is 5.56 Å². The van der Waals surface area contributed by atoms with E-state index in [1.165, 1.54) is 12.3 Å². The molecule has 1 rings (SSSR count). The molecule has 0 amide bonds. The molecule has 70 valence electrons.